The van der Waals surface area contributed by atoms with Gasteiger partial charge in [0.05, 0.1) is 11.9 Å². The van der Waals surface area contributed by atoms with Gasteiger partial charge >= 0.3 is 0 Å². The van der Waals surface area contributed by atoms with Crippen molar-refractivity contribution in [1.82, 2.24) is 10.3 Å². The molecule has 0 aliphatic heterocycles. The van der Waals surface area contributed by atoms with Gasteiger partial charge < -0.3 is 10.4 Å². The minimum Gasteiger partial charge on any atom is -0.396 e. The molecule has 0 aliphatic carbocycles. The summed E-state index contributed by atoms with van der Waals surface area (Å²) in [5, 5.41) is 12.0. The van der Waals surface area contributed by atoms with E-state index in [9.17, 15) is 4.39 Å². The molecule has 1 rings (SSSR count). The van der Waals surface area contributed by atoms with Gasteiger partial charge in [0, 0.05) is 18.7 Å². The van der Waals surface area contributed by atoms with Crippen LogP contribution in [0.4, 0.5) is 4.39 Å². The van der Waals surface area contributed by atoms with Crippen LogP contribution in [0.2, 0.25) is 0 Å². The fourth-order valence-corrected chi connectivity index (χ4v) is 1.43. The van der Waals surface area contributed by atoms with Gasteiger partial charge in [-0.25, -0.2) is 4.39 Å². The van der Waals surface area contributed by atoms with Crippen molar-refractivity contribution >= 4 is 0 Å². The largest absolute Gasteiger partial charge is 0.396 e. The molecular weight excluding hydrogens is 195 g/mol. The molecule has 0 spiro atoms. The summed E-state index contributed by atoms with van der Waals surface area (Å²) in [6.07, 6.45) is 1.91. The maximum atomic E-state index is 12.6. The van der Waals surface area contributed by atoms with Crippen LogP contribution in [0.1, 0.15) is 32.0 Å². The van der Waals surface area contributed by atoms with E-state index in [0.717, 1.165) is 5.69 Å². The second kappa shape index (κ2) is 5.78. The molecule has 1 heterocycles. The number of aliphatic hydroxyl groups excluding tert-OH is 1. The van der Waals surface area contributed by atoms with Gasteiger partial charge in [-0.3, -0.25) is 4.98 Å². The first kappa shape index (κ1) is 12.1. The summed E-state index contributed by atoms with van der Waals surface area (Å²) in [6.45, 7) is 4.13. The first-order chi connectivity index (χ1) is 7.13. The molecule has 0 saturated heterocycles. The van der Waals surface area contributed by atoms with Crippen molar-refractivity contribution in [2.75, 3.05) is 6.61 Å². The summed E-state index contributed by atoms with van der Waals surface area (Å²) >= 11 is 0. The number of rotatable bonds is 5. The third-order valence-corrected chi connectivity index (χ3v) is 2.29. The number of hydrogen-bond donors (Lipinski definition) is 2. The number of nitrogens with one attached hydrogen (secondary N) is 1. The van der Waals surface area contributed by atoms with Crippen LogP contribution in [0.25, 0.3) is 0 Å². The van der Waals surface area contributed by atoms with Gasteiger partial charge in [-0.05, 0) is 32.4 Å². The number of pyridine rings is 1. The Balaban J connectivity index is 2.53. The fourth-order valence-electron chi connectivity index (χ4n) is 1.43. The Morgan fingerprint density at radius 2 is 2.20 bits per heavy atom. The zero-order valence-electron chi connectivity index (χ0n) is 9.07. The fraction of sp³-hybridized carbons (Fsp3) is 0.545. The summed E-state index contributed by atoms with van der Waals surface area (Å²) in [7, 11) is 0. The molecule has 0 saturated carbocycles. The van der Waals surface area contributed by atoms with E-state index in [1.165, 1.54) is 12.3 Å². The third kappa shape index (κ3) is 3.93. The molecule has 1 unspecified atom stereocenters. The maximum Gasteiger partial charge on any atom is 0.141 e. The summed E-state index contributed by atoms with van der Waals surface area (Å²) in [6, 6.07) is 3.35. The highest BCUT2D eigenvalue weighted by Crippen LogP contribution is 2.10. The Morgan fingerprint density at radius 1 is 1.47 bits per heavy atom. The first-order valence-corrected chi connectivity index (χ1v) is 5.12. The molecule has 0 fully saturated rings. The predicted molar refractivity (Wildman–Crippen MR) is 56.9 cm³/mol. The molecule has 4 heteroatoms. The molecule has 0 aliphatic rings. The van der Waals surface area contributed by atoms with Crippen molar-refractivity contribution in [1.29, 1.82) is 0 Å². The Bertz CT molecular complexity index is 289. The molecule has 0 aromatic carbocycles. The first-order valence-electron chi connectivity index (χ1n) is 5.12. The molecule has 3 nitrogen and oxygen atoms in total. The summed E-state index contributed by atoms with van der Waals surface area (Å²) in [5.74, 6) is -0.325. The van der Waals surface area contributed by atoms with Crippen LogP contribution in [0.3, 0.4) is 0 Å². The van der Waals surface area contributed by atoms with Crippen LogP contribution in [0.5, 0.6) is 0 Å². The minimum absolute atomic E-state index is 0.0622. The monoisotopic (exact) mass is 212 g/mol. The molecule has 0 radical (unpaired) electrons. The number of nitrogens with zero attached hydrogens (tertiary/aromatic N) is 1. The van der Waals surface area contributed by atoms with Crippen molar-refractivity contribution in [3.05, 3.63) is 29.8 Å². The van der Waals surface area contributed by atoms with Crippen molar-refractivity contribution in [2.24, 2.45) is 0 Å². The zero-order valence-corrected chi connectivity index (χ0v) is 9.07. The Morgan fingerprint density at radius 3 is 2.73 bits per heavy atom. The van der Waals surface area contributed by atoms with Gasteiger partial charge in [0.25, 0.3) is 0 Å². The van der Waals surface area contributed by atoms with E-state index >= 15 is 0 Å². The highest BCUT2D eigenvalue weighted by Gasteiger charge is 2.09. The second-order valence-electron chi connectivity index (χ2n) is 3.70. The maximum absolute atomic E-state index is 12.6. The Hall–Kier alpha value is -1.00. The van der Waals surface area contributed by atoms with Gasteiger partial charge in [0.1, 0.15) is 5.82 Å². The van der Waals surface area contributed by atoms with Crippen molar-refractivity contribution in [3.8, 4) is 0 Å². The van der Waals surface area contributed by atoms with Crippen LogP contribution in [-0.4, -0.2) is 22.7 Å². The lowest BCUT2D eigenvalue weighted by Gasteiger charge is -2.18. The van der Waals surface area contributed by atoms with Crippen LogP contribution in [0, 0.1) is 5.82 Å². The lowest BCUT2D eigenvalue weighted by atomic mass is 10.1. The standard InChI is InChI=1S/C11H17FN2O/c1-8(5-6-15)14-9(2)11-4-3-10(12)7-13-11/h3-4,7-9,14-15H,5-6H2,1-2H3/t8-,9?/m1/s1. The van der Waals surface area contributed by atoms with E-state index in [2.05, 4.69) is 10.3 Å². The van der Waals surface area contributed by atoms with Crippen molar-refractivity contribution in [3.63, 3.8) is 0 Å². The van der Waals surface area contributed by atoms with Crippen LogP contribution in [-0.2, 0) is 0 Å². The quantitative estimate of drug-likeness (QED) is 0.780. The highest BCUT2D eigenvalue weighted by atomic mass is 19.1. The molecule has 1 aromatic heterocycles. The van der Waals surface area contributed by atoms with Crippen molar-refractivity contribution in [2.45, 2.75) is 32.4 Å². The average Bonchev–Trinajstić information content (AvgIpc) is 2.18. The number of aromatic nitrogens is 1. The SMILES string of the molecule is CC(N[C@H](C)CCO)c1ccc(F)cn1. The molecule has 2 N–H and O–H groups in total. The van der Waals surface area contributed by atoms with Gasteiger partial charge in [0.2, 0.25) is 0 Å². The van der Waals surface area contributed by atoms with E-state index in [4.69, 9.17) is 5.11 Å². The van der Waals surface area contributed by atoms with Gasteiger partial charge in [0.15, 0.2) is 0 Å². The third-order valence-electron chi connectivity index (χ3n) is 2.29. The summed E-state index contributed by atoms with van der Waals surface area (Å²) < 4.78 is 12.6. The molecule has 84 valence electrons. The molecule has 0 bridgehead atoms. The molecular formula is C11H17FN2O. The normalized spacial score (nSPS) is 14.9. The Labute approximate surface area is 89.4 Å². The number of hydrogen-bond acceptors (Lipinski definition) is 3. The van der Waals surface area contributed by atoms with Gasteiger partial charge in [-0.2, -0.15) is 0 Å². The van der Waals surface area contributed by atoms with Crippen LogP contribution >= 0.6 is 0 Å². The topological polar surface area (TPSA) is 45.1 Å². The summed E-state index contributed by atoms with van der Waals surface area (Å²) in [5.41, 5.74) is 0.807. The van der Waals surface area contributed by atoms with E-state index < -0.39 is 0 Å². The Kier molecular flexibility index (Phi) is 4.65. The lowest BCUT2D eigenvalue weighted by molar-refractivity contribution is 0.264. The molecule has 1 aromatic rings. The lowest BCUT2D eigenvalue weighted by Crippen LogP contribution is -2.30. The zero-order chi connectivity index (χ0) is 11.3. The number of halogens is 1. The smallest absolute Gasteiger partial charge is 0.141 e. The van der Waals surface area contributed by atoms with Gasteiger partial charge in [-0.1, -0.05) is 0 Å². The van der Waals surface area contributed by atoms with E-state index in [1.54, 1.807) is 6.07 Å². The van der Waals surface area contributed by atoms with Crippen LogP contribution in [0.15, 0.2) is 18.3 Å². The highest BCUT2D eigenvalue weighted by molar-refractivity contribution is 5.09. The van der Waals surface area contributed by atoms with Crippen LogP contribution < -0.4 is 5.32 Å². The van der Waals surface area contributed by atoms with E-state index in [-0.39, 0.29) is 24.5 Å². The van der Waals surface area contributed by atoms with E-state index in [1.807, 2.05) is 13.8 Å². The second-order valence-corrected chi connectivity index (χ2v) is 3.70. The summed E-state index contributed by atoms with van der Waals surface area (Å²) in [4.78, 5) is 3.99. The number of aliphatic hydroxyl groups is 1. The molecule has 2 atom stereocenters. The molecule has 15 heavy (non-hydrogen) atoms. The predicted octanol–water partition coefficient (Wildman–Crippen LogP) is 1.64. The molecule has 0 amide bonds. The minimum atomic E-state index is -0.325. The van der Waals surface area contributed by atoms with Crippen molar-refractivity contribution < 1.29 is 9.50 Å². The van der Waals surface area contributed by atoms with E-state index in [0.29, 0.717) is 6.42 Å². The van der Waals surface area contributed by atoms with Gasteiger partial charge in [-0.15, -0.1) is 0 Å². The average molecular weight is 212 g/mol.